The van der Waals surface area contributed by atoms with Crippen LogP contribution in [0.25, 0.3) is 5.69 Å². The summed E-state index contributed by atoms with van der Waals surface area (Å²) in [7, 11) is 0. The molecule has 0 bridgehead atoms. The summed E-state index contributed by atoms with van der Waals surface area (Å²) in [5, 5.41) is 9.63. The summed E-state index contributed by atoms with van der Waals surface area (Å²) in [5.41, 5.74) is 4.02. The van der Waals surface area contributed by atoms with Crippen molar-refractivity contribution < 1.29 is 14.0 Å². The van der Waals surface area contributed by atoms with E-state index in [1.54, 1.807) is 6.07 Å². The number of aromatic nitrogens is 2. The van der Waals surface area contributed by atoms with E-state index in [-0.39, 0.29) is 18.0 Å². The summed E-state index contributed by atoms with van der Waals surface area (Å²) in [4.78, 5) is 23.8. The summed E-state index contributed by atoms with van der Waals surface area (Å²) in [5.74, 6) is -1.55. The standard InChI is InChI=1S/C22H23FN4O2/c1-15-13-16(2)27(26-15)18-9-7-17(8-10-18)11-12-24-21(28)14-25-22(29)19-5-3-4-6-20(19)23/h3-10,13H,11-12,14H2,1-2H3,(H,24,28)(H,25,29). The van der Waals surface area contributed by atoms with Crippen LogP contribution in [0.5, 0.6) is 0 Å². The smallest absolute Gasteiger partial charge is 0.254 e. The topological polar surface area (TPSA) is 76.0 Å². The molecule has 2 amide bonds. The number of benzene rings is 2. The number of carbonyl (C=O) groups is 2. The molecule has 0 atom stereocenters. The Bertz CT molecular complexity index is 1010. The van der Waals surface area contributed by atoms with Crippen LogP contribution in [0.1, 0.15) is 27.3 Å². The highest BCUT2D eigenvalue weighted by atomic mass is 19.1. The normalized spacial score (nSPS) is 10.6. The summed E-state index contributed by atoms with van der Waals surface area (Å²) in [6.07, 6.45) is 0.657. The van der Waals surface area contributed by atoms with E-state index in [1.807, 2.05) is 48.9 Å². The molecule has 0 unspecified atom stereocenters. The van der Waals surface area contributed by atoms with Crippen LogP contribution >= 0.6 is 0 Å². The molecule has 0 aliphatic rings. The first-order chi connectivity index (χ1) is 13.9. The van der Waals surface area contributed by atoms with Gasteiger partial charge in [0.1, 0.15) is 5.82 Å². The van der Waals surface area contributed by atoms with Crippen LogP contribution in [0, 0.1) is 19.7 Å². The molecule has 3 aromatic rings. The molecule has 7 heteroatoms. The van der Waals surface area contributed by atoms with Crippen molar-refractivity contribution in [3.8, 4) is 5.69 Å². The SMILES string of the molecule is Cc1cc(C)n(-c2ccc(CCNC(=O)CNC(=O)c3ccccc3F)cc2)n1. The molecule has 1 aromatic heterocycles. The van der Waals surface area contributed by atoms with Crippen LogP contribution < -0.4 is 10.6 Å². The fourth-order valence-corrected chi connectivity index (χ4v) is 3.00. The Morgan fingerprint density at radius 1 is 1.03 bits per heavy atom. The monoisotopic (exact) mass is 394 g/mol. The van der Waals surface area contributed by atoms with Gasteiger partial charge < -0.3 is 10.6 Å². The Balaban J connectivity index is 1.44. The fourth-order valence-electron chi connectivity index (χ4n) is 3.00. The van der Waals surface area contributed by atoms with Gasteiger partial charge in [-0.15, -0.1) is 0 Å². The van der Waals surface area contributed by atoms with E-state index in [2.05, 4.69) is 15.7 Å². The molecule has 0 saturated heterocycles. The fraction of sp³-hybridized carbons (Fsp3) is 0.227. The summed E-state index contributed by atoms with van der Waals surface area (Å²) < 4.78 is 15.4. The van der Waals surface area contributed by atoms with Crippen molar-refractivity contribution in [2.24, 2.45) is 0 Å². The van der Waals surface area contributed by atoms with Gasteiger partial charge in [-0.1, -0.05) is 24.3 Å². The van der Waals surface area contributed by atoms with Crippen LogP contribution in [0.3, 0.4) is 0 Å². The Kier molecular flexibility index (Phi) is 6.39. The van der Waals surface area contributed by atoms with E-state index in [4.69, 9.17) is 0 Å². The molecule has 150 valence electrons. The number of halogens is 1. The van der Waals surface area contributed by atoms with Crippen molar-refractivity contribution in [1.29, 1.82) is 0 Å². The van der Waals surface area contributed by atoms with Crippen LogP contribution in [0.4, 0.5) is 4.39 Å². The molecule has 0 spiro atoms. The number of rotatable bonds is 7. The zero-order valence-electron chi connectivity index (χ0n) is 16.4. The summed E-state index contributed by atoms with van der Waals surface area (Å²) >= 11 is 0. The van der Waals surface area contributed by atoms with Gasteiger partial charge in [-0.3, -0.25) is 9.59 Å². The number of amides is 2. The average molecular weight is 394 g/mol. The molecule has 3 rings (SSSR count). The quantitative estimate of drug-likeness (QED) is 0.647. The van der Waals surface area contributed by atoms with Gasteiger partial charge in [-0.05, 0) is 56.2 Å². The lowest BCUT2D eigenvalue weighted by Gasteiger charge is -2.09. The lowest BCUT2D eigenvalue weighted by molar-refractivity contribution is -0.120. The number of nitrogens with one attached hydrogen (secondary N) is 2. The Labute approximate surface area is 168 Å². The maximum Gasteiger partial charge on any atom is 0.254 e. The van der Waals surface area contributed by atoms with Crippen LogP contribution in [-0.2, 0) is 11.2 Å². The molecule has 29 heavy (non-hydrogen) atoms. The predicted molar refractivity (Wildman–Crippen MR) is 108 cm³/mol. The first-order valence-electron chi connectivity index (χ1n) is 9.36. The lowest BCUT2D eigenvalue weighted by atomic mass is 10.1. The van der Waals surface area contributed by atoms with Gasteiger partial charge in [0, 0.05) is 12.2 Å². The molecular weight excluding hydrogens is 371 g/mol. The van der Waals surface area contributed by atoms with Crippen LogP contribution in [0.2, 0.25) is 0 Å². The van der Waals surface area contributed by atoms with Crippen molar-refractivity contribution >= 4 is 11.8 Å². The minimum absolute atomic E-state index is 0.0806. The van der Waals surface area contributed by atoms with Crippen molar-refractivity contribution in [2.45, 2.75) is 20.3 Å². The second-order valence-corrected chi connectivity index (χ2v) is 6.77. The third-order valence-corrected chi connectivity index (χ3v) is 4.45. The summed E-state index contributed by atoms with van der Waals surface area (Å²) in [6, 6.07) is 15.6. The molecule has 1 heterocycles. The number of nitrogens with zero attached hydrogens (tertiary/aromatic N) is 2. The predicted octanol–water partition coefficient (Wildman–Crippen LogP) is 2.72. The second kappa shape index (κ2) is 9.14. The summed E-state index contributed by atoms with van der Waals surface area (Å²) in [6.45, 7) is 4.20. The molecule has 6 nitrogen and oxygen atoms in total. The largest absolute Gasteiger partial charge is 0.354 e. The van der Waals surface area contributed by atoms with E-state index >= 15 is 0 Å². The molecule has 0 aliphatic carbocycles. The first kappa shape index (κ1) is 20.3. The van der Waals surface area contributed by atoms with Gasteiger partial charge in [0.2, 0.25) is 5.91 Å². The van der Waals surface area contributed by atoms with Crippen molar-refractivity contribution in [1.82, 2.24) is 20.4 Å². The molecule has 2 aromatic carbocycles. The Hall–Kier alpha value is -3.48. The van der Waals surface area contributed by atoms with Crippen LogP contribution in [-0.4, -0.2) is 34.7 Å². The molecule has 2 N–H and O–H groups in total. The van der Waals surface area contributed by atoms with E-state index in [1.165, 1.54) is 18.2 Å². The highest BCUT2D eigenvalue weighted by molar-refractivity contribution is 5.96. The van der Waals surface area contributed by atoms with Crippen LogP contribution in [0.15, 0.2) is 54.6 Å². The van der Waals surface area contributed by atoms with E-state index in [0.717, 1.165) is 22.6 Å². The number of aryl methyl sites for hydroxylation is 2. The highest BCUT2D eigenvalue weighted by Gasteiger charge is 2.11. The van der Waals surface area contributed by atoms with Gasteiger partial charge in [0.15, 0.2) is 0 Å². The zero-order chi connectivity index (χ0) is 20.8. The van der Waals surface area contributed by atoms with Gasteiger partial charge in [0.25, 0.3) is 5.91 Å². The lowest BCUT2D eigenvalue weighted by Crippen LogP contribution is -2.37. The average Bonchev–Trinajstić information content (AvgIpc) is 3.05. The second-order valence-electron chi connectivity index (χ2n) is 6.77. The Morgan fingerprint density at radius 3 is 2.41 bits per heavy atom. The van der Waals surface area contributed by atoms with Gasteiger partial charge in [0.05, 0.1) is 23.5 Å². The van der Waals surface area contributed by atoms with Crippen molar-refractivity contribution in [2.75, 3.05) is 13.1 Å². The highest BCUT2D eigenvalue weighted by Crippen LogP contribution is 2.13. The molecule has 0 saturated carbocycles. The Morgan fingerprint density at radius 2 is 1.76 bits per heavy atom. The van der Waals surface area contributed by atoms with Gasteiger partial charge in [-0.25, -0.2) is 9.07 Å². The number of carbonyl (C=O) groups excluding carboxylic acids is 2. The van der Waals surface area contributed by atoms with E-state index in [0.29, 0.717) is 13.0 Å². The zero-order valence-corrected chi connectivity index (χ0v) is 16.4. The maximum absolute atomic E-state index is 13.5. The van der Waals surface area contributed by atoms with Gasteiger partial charge in [-0.2, -0.15) is 5.10 Å². The van der Waals surface area contributed by atoms with Crippen molar-refractivity contribution in [3.63, 3.8) is 0 Å². The van der Waals surface area contributed by atoms with Gasteiger partial charge >= 0.3 is 0 Å². The molecular formula is C22H23FN4O2. The third-order valence-electron chi connectivity index (χ3n) is 4.45. The third kappa shape index (κ3) is 5.28. The molecule has 0 radical (unpaired) electrons. The number of hydrogen-bond acceptors (Lipinski definition) is 3. The molecule has 0 aliphatic heterocycles. The van der Waals surface area contributed by atoms with E-state index in [9.17, 15) is 14.0 Å². The van der Waals surface area contributed by atoms with E-state index < -0.39 is 11.7 Å². The minimum atomic E-state index is -0.616. The minimum Gasteiger partial charge on any atom is -0.354 e. The first-order valence-corrected chi connectivity index (χ1v) is 9.36. The van der Waals surface area contributed by atoms with Crippen molar-refractivity contribution in [3.05, 3.63) is 82.9 Å². The molecule has 0 fully saturated rings. The number of hydrogen-bond donors (Lipinski definition) is 2. The maximum atomic E-state index is 13.5.